The summed E-state index contributed by atoms with van der Waals surface area (Å²) in [5, 5.41) is 5.32. The minimum atomic E-state index is -4.09. The lowest BCUT2D eigenvalue weighted by Gasteiger charge is -2.25. The Bertz CT molecular complexity index is 1550. The molecular weight excluding hydrogens is 512 g/mol. The molecule has 4 aromatic rings. The monoisotopic (exact) mass is 546 g/mol. The molecule has 0 saturated heterocycles. The summed E-state index contributed by atoms with van der Waals surface area (Å²) in [6.07, 6.45) is 0.785. The topological polar surface area (TPSA) is 84.9 Å². The van der Waals surface area contributed by atoms with Gasteiger partial charge in [-0.3, -0.25) is 9.10 Å². The van der Waals surface area contributed by atoms with Gasteiger partial charge < -0.3 is 14.8 Å². The second kappa shape index (κ2) is 12.2. The molecule has 7 nitrogen and oxygen atoms in total. The number of ether oxygens (including phenoxy) is 2. The molecule has 0 radical (unpaired) electrons. The standard InChI is InChI=1S/C31H34N2O5S/c1-22-12-14-26(15-13-22)33(39(35,36)27-16-17-29(37-3)30(19-27)38-4)21-31(34)32-20-23(2)18-25-10-7-9-24-8-5-6-11-28(24)25/h5-17,19,23H,18,20-21H2,1-4H3,(H,32,34). The molecule has 4 aromatic carbocycles. The highest BCUT2D eigenvalue weighted by Gasteiger charge is 2.28. The smallest absolute Gasteiger partial charge is 0.264 e. The molecule has 0 fully saturated rings. The molecule has 204 valence electrons. The Morgan fingerprint density at radius 1 is 0.897 bits per heavy atom. The average molecular weight is 547 g/mol. The first-order chi connectivity index (χ1) is 18.7. The lowest BCUT2D eigenvalue weighted by Crippen LogP contribution is -2.42. The number of carbonyl (C=O) groups is 1. The number of amides is 1. The molecule has 0 spiro atoms. The quantitative estimate of drug-likeness (QED) is 0.274. The Morgan fingerprint density at radius 2 is 1.59 bits per heavy atom. The Balaban J connectivity index is 1.51. The van der Waals surface area contributed by atoms with Crippen molar-refractivity contribution in [2.75, 3.05) is 31.6 Å². The van der Waals surface area contributed by atoms with E-state index in [1.807, 2.05) is 37.3 Å². The van der Waals surface area contributed by atoms with Gasteiger partial charge in [0.2, 0.25) is 5.91 Å². The highest BCUT2D eigenvalue weighted by atomic mass is 32.2. The van der Waals surface area contributed by atoms with Crippen LogP contribution in [0.15, 0.2) is 89.8 Å². The van der Waals surface area contributed by atoms with Crippen molar-refractivity contribution in [2.24, 2.45) is 5.92 Å². The second-order valence-electron chi connectivity index (χ2n) is 9.62. The van der Waals surface area contributed by atoms with Gasteiger partial charge in [-0.15, -0.1) is 0 Å². The number of fused-ring (bicyclic) bond motifs is 1. The number of sulfonamides is 1. The molecule has 1 unspecified atom stereocenters. The summed E-state index contributed by atoms with van der Waals surface area (Å²) in [5.41, 5.74) is 2.59. The SMILES string of the molecule is COc1ccc(S(=O)(=O)N(CC(=O)NCC(C)Cc2cccc3ccccc23)c2ccc(C)cc2)cc1OC. The number of hydrogen-bond acceptors (Lipinski definition) is 5. The first-order valence-electron chi connectivity index (χ1n) is 12.8. The predicted octanol–water partition coefficient (Wildman–Crippen LogP) is 5.36. The van der Waals surface area contributed by atoms with Crippen LogP contribution >= 0.6 is 0 Å². The van der Waals surface area contributed by atoms with E-state index in [2.05, 4.69) is 36.5 Å². The molecule has 1 atom stereocenters. The number of benzene rings is 4. The van der Waals surface area contributed by atoms with Gasteiger partial charge in [-0.2, -0.15) is 0 Å². The summed E-state index contributed by atoms with van der Waals surface area (Å²) in [5.74, 6) is 0.463. The Labute approximate surface area is 230 Å². The van der Waals surface area contributed by atoms with E-state index in [1.165, 1.54) is 48.8 Å². The number of anilines is 1. The van der Waals surface area contributed by atoms with E-state index in [1.54, 1.807) is 12.1 Å². The molecule has 1 amide bonds. The lowest BCUT2D eigenvalue weighted by atomic mass is 9.96. The number of aryl methyl sites for hydroxylation is 1. The first kappa shape index (κ1) is 28.0. The zero-order valence-electron chi connectivity index (χ0n) is 22.7. The van der Waals surface area contributed by atoms with Gasteiger partial charge in [0.1, 0.15) is 6.54 Å². The van der Waals surface area contributed by atoms with Gasteiger partial charge in [-0.05, 0) is 59.9 Å². The third-order valence-corrected chi connectivity index (χ3v) is 8.42. The first-order valence-corrected chi connectivity index (χ1v) is 14.2. The lowest BCUT2D eigenvalue weighted by molar-refractivity contribution is -0.119. The third kappa shape index (κ3) is 6.52. The predicted molar refractivity (Wildman–Crippen MR) is 155 cm³/mol. The number of nitrogens with one attached hydrogen (secondary N) is 1. The maximum absolute atomic E-state index is 13.8. The Hall–Kier alpha value is -4.04. The second-order valence-corrected chi connectivity index (χ2v) is 11.5. The molecule has 4 rings (SSSR count). The fourth-order valence-electron chi connectivity index (χ4n) is 4.52. The van der Waals surface area contributed by atoms with Crippen LogP contribution in [0.2, 0.25) is 0 Å². The summed E-state index contributed by atoms with van der Waals surface area (Å²) < 4.78 is 39.2. The van der Waals surface area contributed by atoms with Gasteiger partial charge in [0, 0.05) is 12.6 Å². The van der Waals surface area contributed by atoms with Crippen LogP contribution in [0, 0.1) is 12.8 Å². The summed E-state index contributed by atoms with van der Waals surface area (Å²) in [7, 11) is -1.17. The van der Waals surface area contributed by atoms with Crippen molar-refractivity contribution in [2.45, 2.75) is 25.2 Å². The van der Waals surface area contributed by atoms with Crippen LogP contribution in [0.5, 0.6) is 11.5 Å². The van der Waals surface area contributed by atoms with E-state index >= 15 is 0 Å². The molecular formula is C31H34N2O5S. The number of hydrogen-bond donors (Lipinski definition) is 1. The maximum atomic E-state index is 13.8. The molecule has 0 heterocycles. The molecule has 0 aromatic heterocycles. The van der Waals surface area contributed by atoms with Crippen molar-refractivity contribution >= 4 is 32.4 Å². The van der Waals surface area contributed by atoms with Crippen LogP contribution in [-0.2, 0) is 21.2 Å². The van der Waals surface area contributed by atoms with Gasteiger partial charge in [0.25, 0.3) is 10.0 Å². The number of rotatable bonds is 11. The van der Waals surface area contributed by atoms with Crippen LogP contribution in [0.25, 0.3) is 10.8 Å². The molecule has 1 N–H and O–H groups in total. The van der Waals surface area contributed by atoms with Gasteiger partial charge >= 0.3 is 0 Å². The molecule has 0 saturated carbocycles. The minimum Gasteiger partial charge on any atom is -0.493 e. The number of carbonyl (C=O) groups excluding carboxylic acids is 1. The summed E-state index contributed by atoms with van der Waals surface area (Å²) >= 11 is 0. The van der Waals surface area contributed by atoms with Crippen molar-refractivity contribution in [3.8, 4) is 11.5 Å². The summed E-state index contributed by atoms with van der Waals surface area (Å²) in [6.45, 7) is 4.04. The van der Waals surface area contributed by atoms with Crippen molar-refractivity contribution in [3.63, 3.8) is 0 Å². The minimum absolute atomic E-state index is 0.00199. The number of methoxy groups -OCH3 is 2. The molecule has 0 aliphatic rings. The highest BCUT2D eigenvalue weighted by Crippen LogP contribution is 2.32. The normalized spacial score (nSPS) is 12.1. The van der Waals surface area contributed by atoms with E-state index in [0.717, 1.165) is 16.3 Å². The van der Waals surface area contributed by atoms with Crippen LogP contribution in [0.3, 0.4) is 0 Å². The van der Waals surface area contributed by atoms with E-state index < -0.39 is 10.0 Å². The van der Waals surface area contributed by atoms with Gasteiger partial charge in [-0.1, -0.05) is 67.1 Å². The zero-order valence-corrected chi connectivity index (χ0v) is 23.5. The van der Waals surface area contributed by atoms with Crippen LogP contribution in [0.1, 0.15) is 18.1 Å². The molecule has 8 heteroatoms. The van der Waals surface area contributed by atoms with Crippen molar-refractivity contribution < 1.29 is 22.7 Å². The van der Waals surface area contributed by atoms with Crippen molar-refractivity contribution in [3.05, 3.63) is 96.1 Å². The third-order valence-electron chi connectivity index (χ3n) is 6.65. The fraction of sp³-hybridized carbons (Fsp3) is 0.258. The maximum Gasteiger partial charge on any atom is 0.264 e. The Morgan fingerprint density at radius 3 is 2.31 bits per heavy atom. The molecule has 39 heavy (non-hydrogen) atoms. The van der Waals surface area contributed by atoms with Crippen molar-refractivity contribution in [1.29, 1.82) is 0 Å². The molecule has 0 aliphatic heterocycles. The zero-order chi connectivity index (χ0) is 28.0. The van der Waals surface area contributed by atoms with E-state index in [4.69, 9.17) is 9.47 Å². The number of nitrogens with zero attached hydrogens (tertiary/aromatic N) is 1. The summed E-state index contributed by atoms with van der Waals surface area (Å²) in [6, 6.07) is 25.9. The van der Waals surface area contributed by atoms with E-state index in [-0.39, 0.29) is 29.0 Å². The molecule has 0 bridgehead atoms. The van der Waals surface area contributed by atoms with Crippen LogP contribution in [0.4, 0.5) is 5.69 Å². The van der Waals surface area contributed by atoms with Gasteiger partial charge in [0.15, 0.2) is 11.5 Å². The summed E-state index contributed by atoms with van der Waals surface area (Å²) in [4.78, 5) is 13.1. The average Bonchev–Trinajstić information content (AvgIpc) is 2.95. The van der Waals surface area contributed by atoms with Crippen LogP contribution < -0.4 is 19.1 Å². The Kier molecular flexibility index (Phi) is 8.76. The van der Waals surface area contributed by atoms with E-state index in [9.17, 15) is 13.2 Å². The van der Waals surface area contributed by atoms with E-state index in [0.29, 0.717) is 18.0 Å². The highest BCUT2D eigenvalue weighted by molar-refractivity contribution is 7.92. The fourth-order valence-corrected chi connectivity index (χ4v) is 5.96. The van der Waals surface area contributed by atoms with Gasteiger partial charge in [-0.25, -0.2) is 8.42 Å². The van der Waals surface area contributed by atoms with Gasteiger partial charge in [0.05, 0.1) is 24.8 Å². The van der Waals surface area contributed by atoms with Crippen LogP contribution in [-0.4, -0.2) is 41.6 Å². The van der Waals surface area contributed by atoms with Crippen molar-refractivity contribution in [1.82, 2.24) is 5.32 Å². The largest absolute Gasteiger partial charge is 0.493 e. The molecule has 0 aliphatic carbocycles.